The lowest BCUT2D eigenvalue weighted by atomic mass is 9.86. The molecule has 4 rings (SSSR count). The monoisotopic (exact) mass is 1180 g/mol. The zero-order chi connectivity index (χ0) is 60.1. The number of Topliss-reactive ketones (excluding diaryl/α,β-unsaturated/α-hetero) is 1. The second-order valence-electron chi connectivity index (χ2n) is 19.6. The van der Waals surface area contributed by atoms with Crippen molar-refractivity contribution < 1.29 is 86.9 Å². The highest BCUT2D eigenvalue weighted by atomic mass is 32.2. The lowest BCUT2D eigenvalue weighted by molar-refractivity contribution is -0.171. The van der Waals surface area contributed by atoms with Crippen molar-refractivity contribution in [1.82, 2.24) is 47.3 Å². The molecule has 10 atom stereocenters. The maximum Gasteiger partial charge on any atom is 0.432 e. The highest BCUT2D eigenvalue weighted by molar-refractivity contribution is 7.98. The number of primary amides is 1. The zero-order valence-electron chi connectivity index (χ0n) is 45.5. The van der Waals surface area contributed by atoms with E-state index in [1.807, 2.05) is 0 Å². The minimum Gasteiger partial charge on any atom is -0.496 e. The predicted molar refractivity (Wildman–Crippen MR) is 290 cm³/mol. The Morgan fingerprint density at radius 2 is 1.65 bits per heavy atom. The van der Waals surface area contributed by atoms with Crippen LogP contribution in [0.1, 0.15) is 83.3 Å². The molecule has 1 saturated heterocycles. The highest BCUT2D eigenvalue weighted by Crippen LogP contribution is 2.36. The lowest BCUT2D eigenvalue weighted by Gasteiger charge is -2.29. The molecule has 0 aliphatic carbocycles. The quantitative estimate of drug-likeness (QED) is 0.0352. The number of carbonyl (C=O) groups is 11. The lowest BCUT2D eigenvalue weighted by Crippen LogP contribution is -2.58. The van der Waals surface area contributed by atoms with E-state index in [1.165, 1.54) is 25.8 Å². The Kier molecular flexibility index (Phi) is 26.9. The highest BCUT2D eigenvalue weighted by Gasteiger charge is 2.37. The van der Waals surface area contributed by atoms with E-state index in [0.29, 0.717) is 52.3 Å². The standard InChI is InChI=1S/C50H75N11O18S2/c1-5-25(2)31(15-28(64)18-51)45(72)55-20-40(69)57-35-24-81(77)49-32(30-8-9-37(78-4)33(44(30)60-49)23-80-13-7-6-12-53-50(76)79-61-41(70)10-11-42(61)71)14-27(21-62)56-48(75)43(26(3)36(66)22-63)59-39(68)16-29(65)19-54-46(73)34(17-38(52)67)58-47(35)74/h8-9,25-27,29,31,34-36,43,60,62-63,65-66H,5-7,10-24,51H2,1-4H3,(H2,52,67)(H,53,76)(H,54,73)(H,55,72)(H,56,75)(H,57,69)(H,58,74)(H,59,68)/t25-,26-,27-,29+,31-,34-,35-,36-,43-,81?/m0/s1. The molecule has 2 aliphatic rings. The molecule has 1 aromatic carbocycles. The van der Waals surface area contributed by atoms with Gasteiger partial charge in [0.25, 0.3) is 11.8 Å². The summed E-state index contributed by atoms with van der Waals surface area (Å²) in [5.41, 5.74) is 12.1. The van der Waals surface area contributed by atoms with Gasteiger partial charge < -0.3 is 83.7 Å². The number of aromatic nitrogens is 1. The molecule has 16 N–H and O–H groups in total. The summed E-state index contributed by atoms with van der Waals surface area (Å²) < 4.78 is 20.8. The third kappa shape index (κ3) is 19.7. The van der Waals surface area contributed by atoms with Crippen molar-refractivity contribution in [3.63, 3.8) is 0 Å². The molecule has 10 amide bonds. The maximum absolute atomic E-state index is 15.1. The number of hydroxylamine groups is 2. The number of aromatic amines is 1. The van der Waals surface area contributed by atoms with Crippen LogP contribution in [0.25, 0.3) is 10.9 Å². The third-order valence-electron chi connectivity index (χ3n) is 13.6. The van der Waals surface area contributed by atoms with E-state index in [9.17, 15) is 73.2 Å². The number of nitrogens with two attached hydrogens (primary N) is 2. The number of unbranched alkanes of at least 4 members (excludes halogenated alkanes) is 1. The molecule has 2 aliphatic heterocycles. The van der Waals surface area contributed by atoms with Gasteiger partial charge in [0.05, 0.1) is 86.6 Å². The van der Waals surface area contributed by atoms with Gasteiger partial charge in [0, 0.05) is 60.9 Å². The Morgan fingerprint density at radius 1 is 0.951 bits per heavy atom. The molecule has 1 unspecified atom stereocenters. The summed E-state index contributed by atoms with van der Waals surface area (Å²) >= 11 is 1.44. The molecule has 2 aromatic rings. The summed E-state index contributed by atoms with van der Waals surface area (Å²) in [7, 11) is -0.987. The van der Waals surface area contributed by atoms with Crippen molar-refractivity contribution in [1.29, 1.82) is 0 Å². The summed E-state index contributed by atoms with van der Waals surface area (Å²) in [6.45, 7) is 1.70. The van der Waals surface area contributed by atoms with E-state index in [4.69, 9.17) is 21.0 Å². The van der Waals surface area contributed by atoms with Gasteiger partial charge >= 0.3 is 6.09 Å². The molecule has 450 valence electrons. The number of nitrogens with one attached hydrogen (secondary N) is 8. The van der Waals surface area contributed by atoms with Gasteiger partial charge in [-0.3, -0.25) is 52.2 Å². The number of fused-ring (bicyclic) bond motifs is 3. The van der Waals surface area contributed by atoms with Crippen molar-refractivity contribution in [2.75, 3.05) is 58.0 Å². The number of ketones is 1. The van der Waals surface area contributed by atoms with Gasteiger partial charge in [-0.15, -0.1) is 5.06 Å². The molecule has 3 heterocycles. The molecule has 0 saturated carbocycles. The van der Waals surface area contributed by atoms with Crippen molar-refractivity contribution in [2.24, 2.45) is 29.2 Å². The van der Waals surface area contributed by atoms with Crippen LogP contribution in [0.2, 0.25) is 0 Å². The first-order valence-electron chi connectivity index (χ1n) is 26.3. The van der Waals surface area contributed by atoms with Gasteiger partial charge in [-0.2, -0.15) is 11.8 Å². The fourth-order valence-electron chi connectivity index (χ4n) is 8.73. The largest absolute Gasteiger partial charge is 0.496 e. The van der Waals surface area contributed by atoms with Crippen LogP contribution in [0.4, 0.5) is 4.79 Å². The van der Waals surface area contributed by atoms with Gasteiger partial charge in [-0.1, -0.05) is 27.2 Å². The SMILES string of the molecule is CC[C@H](C)[C@H](CC(=O)CN)C(=O)NCC(=O)N[C@H]1CS(=O)c2[nH]c3c(CSCCCCNC(=O)ON4C(=O)CCC4=O)c(OC)ccc3c2C[C@@H](CO)NC(=O)[C@H]([C@@H](C)[C@@H](O)CO)NC(=O)C[C@@H](O)CNC(=O)[C@H](CC(N)=O)NC1=O. The van der Waals surface area contributed by atoms with Gasteiger partial charge in [0.15, 0.2) is 0 Å². The number of hydrogen-bond acceptors (Lipinski definition) is 20. The molecular weight excluding hydrogens is 1110 g/mol. The molecule has 29 nitrogen and oxygen atoms in total. The number of thioether (sulfide) groups is 1. The van der Waals surface area contributed by atoms with E-state index >= 15 is 4.21 Å². The van der Waals surface area contributed by atoms with Crippen LogP contribution in [-0.2, 0) is 75.8 Å². The van der Waals surface area contributed by atoms with Crippen molar-refractivity contribution >= 4 is 98.5 Å². The third-order valence-corrected chi connectivity index (χ3v) is 16.1. The number of amides is 10. The number of H-pyrrole nitrogens is 1. The first-order chi connectivity index (χ1) is 38.5. The van der Waals surface area contributed by atoms with Crippen LogP contribution in [0.3, 0.4) is 0 Å². The summed E-state index contributed by atoms with van der Waals surface area (Å²) in [6.07, 6.45) is -4.91. The van der Waals surface area contributed by atoms with Crippen molar-refractivity contribution in [3.8, 4) is 5.75 Å². The molecule has 1 fully saturated rings. The molecule has 31 heteroatoms. The molecule has 81 heavy (non-hydrogen) atoms. The molecule has 0 bridgehead atoms. The van der Waals surface area contributed by atoms with Crippen LogP contribution in [-0.4, -0.2) is 194 Å². The Morgan fingerprint density at radius 3 is 2.28 bits per heavy atom. The summed E-state index contributed by atoms with van der Waals surface area (Å²) in [5.74, 6) is -10.6. The first-order valence-corrected chi connectivity index (χ1v) is 28.7. The van der Waals surface area contributed by atoms with Gasteiger partial charge in [0.2, 0.25) is 41.4 Å². The minimum atomic E-state index is -2.40. The number of imide groups is 1. The van der Waals surface area contributed by atoms with Gasteiger partial charge in [-0.05, 0) is 48.6 Å². The van der Waals surface area contributed by atoms with E-state index in [1.54, 1.807) is 26.0 Å². The molecule has 1 aromatic heterocycles. The number of benzene rings is 1. The number of β-amino-alcohol motifs (C(OH)–C–C–N with tert-alkyl or cyclic N) is 1. The Bertz CT molecular complexity index is 2620. The van der Waals surface area contributed by atoms with E-state index in [0.717, 1.165) is 0 Å². The molecular formula is C50H75N11O18S2. The summed E-state index contributed by atoms with van der Waals surface area (Å²) in [6, 6.07) is -3.22. The zero-order valence-corrected chi connectivity index (χ0v) is 47.1. The smallest absolute Gasteiger partial charge is 0.432 e. The Balaban J connectivity index is 1.78. The maximum atomic E-state index is 15.1. The van der Waals surface area contributed by atoms with Crippen LogP contribution < -0.4 is 53.4 Å². The van der Waals surface area contributed by atoms with Crippen LogP contribution in [0, 0.1) is 17.8 Å². The van der Waals surface area contributed by atoms with E-state index in [-0.39, 0.29) is 61.0 Å². The number of ether oxygens (including phenoxy) is 1. The minimum absolute atomic E-state index is 0.0607. The molecule has 0 radical (unpaired) electrons. The van der Waals surface area contributed by atoms with E-state index in [2.05, 4.69) is 42.2 Å². The van der Waals surface area contributed by atoms with Crippen LogP contribution >= 0.6 is 11.8 Å². The number of aliphatic hydroxyl groups excluding tert-OH is 4. The van der Waals surface area contributed by atoms with Gasteiger partial charge in [0.1, 0.15) is 34.7 Å². The summed E-state index contributed by atoms with van der Waals surface area (Å²) in [5, 5.41) is 59.9. The second-order valence-corrected chi connectivity index (χ2v) is 22.2. The van der Waals surface area contributed by atoms with Crippen LogP contribution in [0.5, 0.6) is 5.75 Å². The first kappa shape index (κ1) is 66.7. The van der Waals surface area contributed by atoms with Crippen LogP contribution in [0.15, 0.2) is 17.2 Å². The Hall–Kier alpha value is -6.77. The average molecular weight is 1180 g/mol. The fourth-order valence-corrected chi connectivity index (χ4v) is 11.2. The summed E-state index contributed by atoms with van der Waals surface area (Å²) in [4.78, 5) is 151. The number of rotatable bonds is 24. The topological polar surface area (TPSA) is 459 Å². The van der Waals surface area contributed by atoms with E-state index < -0.39 is 169 Å². The van der Waals surface area contributed by atoms with Crippen molar-refractivity contribution in [3.05, 3.63) is 23.3 Å². The Labute approximate surface area is 473 Å². The number of hydrogen-bond donors (Lipinski definition) is 14. The fraction of sp³-hybridized carbons (Fsp3) is 0.620. The normalized spacial score (nSPS) is 22.2. The average Bonchev–Trinajstić information content (AvgIpc) is 4.11. The number of methoxy groups -OCH3 is 1. The van der Waals surface area contributed by atoms with Crippen molar-refractivity contribution in [2.45, 2.75) is 126 Å². The van der Waals surface area contributed by atoms with Gasteiger partial charge in [-0.25, -0.2) is 4.79 Å². The second kappa shape index (κ2) is 32.6. The number of aliphatic hydroxyl groups is 4. The molecule has 0 spiro atoms. The number of nitrogens with zero attached hydrogens (tertiary/aromatic N) is 1. The predicted octanol–water partition coefficient (Wildman–Crippen LogP) is -4.00. The number of carbonyl (C=O) groups excluding carboxylic acids is 11.